The number of aliphatic hydroxyl groups is 1. The summed E-state index contributed by atoms with van der Waals surface area (Å²) in [4.78, 5) is 14.0. The number of likely N-dealkylation sites (N-methyl/N-ethyl adjacent to an activating group) is 1. The lowest BCUT2D eigenvalue weighted by Gasteiger charge is -2.26. The summed E-state index contributed by atoms with van der Waals surface area (Å²) in [6.45, 7) is 3.15. The lowest BCUT2D eigenvalue weighted by Crippen LogP contribution is -2.44. The number of aromatic nitrogens is 2. The Kier molecular flexibility index (Phi) is 3.68. The molecule has 1 amide bonds. The number of carbonyl (C=O) groups excluding carboxylic acids is 1. The van der Waals surface area contributed by atoms with Gasteiger partial charge in [0, 0.05) is 33.4 Å². The van der Waals surface area contributed by atoms with Crippen molar-refractivity contribution in [3.8, 4) is 0 Å². The first-order valence-electron chi connectivity index (χ1n) is 6.23. The van der Waals surface area contributed by atoms with Crippen LogP contribution in [0.3, 0.4) is 0 Å². The van der Waals surface area contributed by atoms with Gasteiger partial charge < -0.3 is 15.3 Å². The van der Waals surface area contributed by atoms with E-state index in [2.05, 4.69) is 10.4 Å². The van der Waals surface area contributed by atoms with Gasteiger partial charge in [-0.25, -0.2) is 0 Å². The van der Waals surface area contributed by atoms with Crippen LogP contribution in [0.2, 0.25) is 0 Å². The second kappa shape index (κ2) is 5.07. The van der Waals surface area contributed by atoms with Gasteiger partial charge in [-0.05, 0) is 6.42 Å². The number of hydrogen-bond donors (Lipinski definition) is 2. The van der Waals surface area contributed by atoms with Crippen molar-refractivity contribution in [2.75, 3.05) is 20.1 Å². The minimum Gasteiger partial charge on any atom is -0.390 e. The number of β-amino-alcohol motifs (C(OH)–C–C–N with tert-alkyl or cyclic N) is 1. The minimum absolute atomic E-state index is 0.0762. The van der Waals surface area contributed by atoms with Crippen molar-refractivity contribution in [1.29, 1.82) is 0 Å². The third kappa shape index (κ3) is 2.26. The fourth-order valence-corrected chi connectivity index (χ4v) is 2.36. The van der Waals surface area contributed by atoms with Gasteiger partial charge in [0.2, 0.25) is 0 Å². The lowest BCUT2D eigenvalue weighted by atomic mass is 10.1. The molecule has 1 aliphatic rings. The molecule has 18 heavy (non-hydrogen) atoms. The molecule has 2 N–H and O–H groups in total. The average Bonchev–Trinajstić information content (AvgIpc) is 2.93. The first kappa shape index (κ1) is 13.0. The quantitative estimate of drug-likeness (QED) is 0.753. The summed E-state index contributed by atoms with van der Waals surface area (Å²) in [7, 11) is 3.54. The molecule has 1 aromatic rings. The summed E-state index contributed by atoms with van der Waals surface area (Å²) in [6, 6.07) is -0.164. The van der Waals surface area contributed by atoms with Crippen LogP contribution < -0.4 is 5.32 Å². The predicted molar refractivity (Wildman–Crippen MR) is 67.3 cm³/mol. The first-order valence-corrected chi connectivity index (χ1v) is 6.23. The van der Waals surface area contributed by atoms with Crippen molar-refractivity contribution < 1.29 is 9.90 Å². The van der Waals surface area contributed by atoms with Crippen LogP contribution in [-0.2, 0) is 13.5 Å². The smallest absolute Gasteiger partial charge is 0.257 e. The van der Waals surface area contributed by atoms with Crippen LogP contribution in [0.4, 0.5) is 0 Å². The van der Waals surface area contributed by atoms with Gasteiger partial charge in [-0.1, -0.05) is 6.92 Å². The van der Waals surface area contributed by atoms with E-state index in [1.165, 1.54) is 0 Å². The Morgan fingerprint density at radius 1 is 1.67 bits per heavy atom. The zero-order chi connectivity index (χ0) is 13.3. The Bertz CT molecular complexity index is 443. The number of aliphatic hydroxyl groups excluding tert-OH is 1. The molecule has 1 aromatic heterocycles. The zero-order valence-corrected chi connectivity index (χ0v) is 11.1. The van der Waals surface area contributed by atoms with Gasteiger partial charge >= 0.3 is 0 Å². The van der Waals surface area contributed by atoms with E-state index in [1.54, 1.807) is 22.8 Å². The van der Waals surface area contributed by atoms with Crippen LogP contribution >= 0.6 is 0 Å². The van der Waals surface area contributed by atoms with Crippen molar-refractivity contribution in [3.05, 3.63) is 17.5 Å². The van der Waals surface area contributed by atoms with Crippen LogP contribution in [0.15, 0.2) is 6.20 Å². The zero-order valence-electron chi connectivity index (χ0n) is 11.1. The summed E-state index contributed by atoms with van der Waals surface area (Å²) < 4.78 is 1.66. The van der Waals surface area contributed by atoms with E-state index in [4.69, 9.17) is 0 Å². The Balaban J connectivity index is 2.19. The molecule has 0 aromatic carbocycles. The molecule has 2 rings (SSSR count). The van der Waals surface area contributed by atoms with Gasteiger partial charge in [0.25, 0.3) is 5.91 Å². The third-order valence-corrected chi connectivity index (χ3v) is 3.44. The van der Waals surface area contributed by atoms with Gasteiger partial charge in [0.1, 0.15) is 0 Å². The Morgan fingerprint density at radius 3 is 2.94 bits per heavy atom. The highest BCUT2D eigenvalue weighted by Crippen LogP contribution is 2.15. The van der Waals surface area contributed by atoms with Crippen molar-refractivity contribution in [1.82, 2.24) is 20.0 Å². The van der Waals surface area contributed by atoms with E-state index >= 15 is 0 Å². The van der Waals surface area contributed by atoms with E-state index in [0.717, 1.165) is 12.1 Å². The van der Waals surface area contributed by atoms with E-state index in [1.807, 2.05) is 14.0 Å². The van der Waals surface area contributed by atoms with E-state index in [-0.39, 0.29) is 11.9 Å². The second-order valence-corrected chi connectivity index (χ2v) is 4.73. The number of aryl methyl sites for hydroxylation is 2. The maximum absolute atomic E-state index is 12.4. The van der Waals surface area contributed by atoms with Gasteiger partial charge in [-0.2, -0.15) is 5.10 Å². The highest BCUT2D eigenvalue weighted by Gasteiger charge is 2.32. The van der Waals surface area contributed by atoms with Crippen LogP contribution in [0.1, 0.15) is 23.0 Å². The Morgan fingerprint density at radius 2 is 2.39 bits per heavy atom. The van der Waals surface area contributed by atoms with Crippen molar-refractivity contribution in [2.45, 2.75) is 25.5 Å². The summed E-state index contributed by atoms with van der Waals surface area (Å²) in [5.41, 5.74) is 1.43. The van der Waals surface area contributed by atoms with Crippen molar-refractivity contribution >= 4 is 5.91 Å². The minimum atomic E-state index is -0.499. The molecule has 6 heteroatoms. The first-order chi connectivity index (χ1) is 8.54. The number of nitrogens with zero attached hydrogens (tertiary/aromatic N) is 3. The topological polar surface area (TPSA) is 70.4 Å². The van der Waals surface area contributed by atoms with Crippen LogP contribution in [0, 0.1) is 0 Å². The Hall–Kier alpha value is -1.40. The van der Waals surface area contributed by atoms with Crippen LogP contribution in [-0.4, -0.2) is 58.0 Å². The fraction of sp³-hybridized carbons (Fsp3) is 0.667. The maximum atomic E-state index is 12.4. The van der Waals surface area contributed by atoms with Crippen molar-refractivity contribution in [2.24, 2.45) is 7.05 Å². The van der Waals surface area contributed by atoms with Gasteiger partial charge in [0.05, 0.1) is 23.4 Å². The van der Waals surface area contributed by atoms with Crippen molar-refractivity contribution in [3.63, 3.8) is 0 Å². The lowest BCUT2D eigenvalue weighted by molar-refractivity contribution is 0.0580. The highest BCUT2D eigenvalue weighted by atomic mass is 16.3. The number of hydrogen-bond acceptors (Lipinski definition) is 4. The molecule has 0 radical (unpaired) electrons. The number of nitrogens with one attached hydrogen (secondary N) is 1. The standard InChI is InChI=1S/C12H20N4O2/c1-4-9-8(7-15(2)14-9)12(18)16(3)10-5-13-6-11(10)17/h7,10-11,13,17H,4-6H2,1-3H3/t10-,11-/m0/s1. The molecule has 1 aliphatic heterocycles. The van der Waals surface area contributed by atoms with Gasteiger partial charge in [-0.15, -0.1) is 0 Å². The number of rotatable bonds is 3. The summed E-state index contributed by atoms with van der Waals surface area (Å²) in [6.07, 6.45) is 1.97. The predicted octanol–water partition coefficient (Wildman–Crippen LogP) is -0.613. The third-order valence-electron chi connectivity index (χ3n) is 3.44. The van der Waals surface area contributed by atoms with Crippen LogP contribution in [0.25, 0.3) is 0 Å². The van der Waals surface area contributed by atoms with E-state index < -0.39 is 6.10 Å². The van der Waals surface area contributed by atoms with E-state index in [9.17, 15) is 9.90 Å². The molecule has 2 atom stereocenters. The number of carbonyl (C=O) groups is 1. The SMILES string of the molecule is CCc1nn(C)cc1C(=O)N(C)[C@H]1CNC[C@@H]1O. The van der Waals surface area contributed by atoms with Crippen LogP contribution in [0.5, 0.6) is 0 Å². The summed E-state index contributed by atoms with van der Waals surface area (Å²) in [5.74, 6) is -0.0762. The molecular formula is C12H20N4O2. The second-order valence-electron chi connectivity index (χ2n) is 4.73. The normalized spacial score (nSPS) is 23.3. The maximum Gasteiger partial charge on any atom is 0.257 e. The monoisotopic (exact) mass is 252 g/mol. The molecule has 1 fully saturated rings. The fourth-order valence-electron chi connectivity index (χ4n) is 2.36. The molecule has 0 spiro atoms. The molecule has 0 bridgehead atoms. The largest absolute Gasteiger partial charge is 0.390 e. The number of amides is 1. The molecular weight excluding hydrogens is 232 g/mol. The molecule has 2 heterocycles. The Labute approximate surface area is 107 Å². The van der Waals surface area contributed by atoms with Gasteiger partial charge in [0.15, 0.2) is 0 Å². The molecule has 0 saturated carbocycles. The molecule has 0 aliphatic carbocycles. The average molecular weight is 252 g/mol. The van der Waals surface area contributed by atoms with E-state index in [0.29, 0.717) is 18.7 Å². The summed E-state index contributed by atoms with van der Waals surface area (Å²) >= 11 is 0. The molecule has 0 unspecified atom stereocenters. The molecule has 100 valence electrons. The highest BCUT2D eigenvalue weighted by molar-refractivity contribution is 5.95. The van der Waals surface area contributed by atoms with Gasteiger partial charge in [-0.3, -0.25) is 9.48 Å². The molecule has 1 saturated heterocycles. The molecule has 6 nitrogen and oxygen atoms in total. The summed E-state index contributed by atoms with van der Waals surface area (Å²) in [5, 5.41) is 17.2.